The van der Waals surface area contributed by atoms with E-state index in [4.69, 9.17) is 9.47 Å². The molecule has 2 unspecified atom stereocenters. The van der Waals surface area contributed by atoms with E-state index < -0.39 is 35.1 Å². The largest absolute Gasteiger partial charge is 0.445 e. The Hall–Kier alpha value is -3.36. The first-order chi connectivity index (χ1) is 18.4. The zero-order valence-electron chi connectivity index (χ0n) is 22.4. The van der Waals surface area contributed by atoms with Crippen LogP contribution in [0.1, 0.15) is 60.6 Å². The molecule has 0 radical (unpaired) electrons. The molecular formula is C31H34F3NO4. The molecule has 1 fully saturated rings. The Balaban J connectivity index is 1.65. The number of aryl methyl sites for hydroxylation is 1. The van der Waals surface area contributed by atoms with E-state index >= 15 is 0 Å². The average Bonchev–Trinajstić information content (AvgIpc) is 2.91. The van der Waals surface area contributed by atoms with Crippen LogP contribution in [-0.2, 0) is 27.8 Å². The van der Waals surface area contributed by atoms with Crippen LogP contribution in [0.3, 0.4) is 0 Å². The highest BCUT2D eigenvalue weighted by Gasteiger charge is 2.50. The van der Waals surface area contributed by atoms with Crippen molar-refractivity contribution >= 4 is 6.09 Å². The molecule has 8 heteroatoms. The molecule has 0 aliphatic carbocycles. The maximum Gasteiger partial charge on any atom is 0.416 e. The molecule has 1 saturated heterocycles. The van der Waals surface area contributed by atoms with E-state index in [-0.39, 0.29) is 19.8 Å². The highest BCUT2D eigenvalue weighted by molar-refractivity contribution is 5.70. The molecule has 1 amide bonds. The number of rotatable bonds is 7. The van der Waals surface area contributed by atoms with Gasteiger partial charge in [0.2, 0.25) is 0 Å². The maximum absolute atomic E-state index is 13.6. The third kappa shape index (κ3) is 6.81. The van der Waals surface area contributed by atoms with E-state index in [1.165, 1.54) is 4.90 Å². The topological polar surface area (TPSA) is 59.0 Å². The molecular weight excluding hydrogens is 507 g/mol. The molecule has 208 valence electrons. The summed E-state index contributed by atoms with van der Waals surface area (Å²) in [5.41, 5.74) is -0.380. The van der Waals surface area contributed by atoms with Crippen molar-refractivity contribution in [2.24, 2.45) is 0 Å². The molecule has 0 spiro atoms. The summed E-state index contributed by atoms with van der Waals surface area (Å²) >= 11 is 0. The number of benzene rings is 3. The quantitative estimate of drug-likeness (QED) is 0.345. The minimum absolute atomic E-state index is 0.00396. The molecule has 1 aliphatic heterocycles. The number of amides is 1. The predicted molar refractivity (Wildman–Crippen MR) is 142 cm³/mol. The van der Waals surface area contributed by atoms with Gasteiger partial charge in [-0.15, -0.1) is 0 Å². The standard InChI is InChI=1S/C31H34F3NO4/c1-22-16-25(18-27(17-22)31(32,33)34)23(2)39-21-30(26-12-8-5-9-13-26)15-14-29(3,37)20-35(30)28(36)38-19-24-10-6-4-7-11-24/h4-13,16-18,23,37H,14-15,19-21H2,1-3H3/t23?,29?,30-/m1/s1. The van der Waals surface area contributed by atoms with Gasteiger partial charge in [-0.05, 0) is 62.4 Å². The molecule has 3 aromatic rings. The van der Waals surface area contributed by atoms with Gasteiger partial charge in [0.1, 0.15) is 6.61 Å². The monoisotopic (exact) mass is 541 g/mol. The zero-order chi connectivity index (χ0) is 28.3. The van der Waals surface area contributed by atoms with Gasteiger partial charge >= 0.3 is 12.3 Å². The Morgan fingerprint density at radius 1 is 1.03 bits per heavy atom. The van der Waals surface area contributed by atoms with Crippen LogP contribution < -0.4 is 0 Å². The van der Waals surface area contributed by atoms with Crippen LogP contribution in [0.15, 0.2) is 78.9 Å². The number of hydrogen-bond donors (Lipinski definition) is 1. The second kappa shape index (κ2) is 11.4. The van der Waals surface area contributed by atoms with Crippen LogP contribution in [-0.4, -0.2) is 34.9 Å². The molecule has 3 aromatic carbocycles. The number of carbonyl (C=O) groups is 1. The molecule has 5 nitrogen and oxygen atoms in total. The Kier molecular flexibility index (Phi) is 8.37. The van der Waals surface area contributed by atoms with Crippen LogP contribution in [0.4, 0.5) is 18.0 Å². The zero-order valence-corrected chi connectivity index (χ0v) is 22.4. The van der Waals surface area contributed by atoms with E-state index in [0.29, 0.717) is 24.0 Å². The second-order valence-electron chi connectivity index (χ2n) is 10.6. The van der Waals surface area contributed by atoms with Crippen LogP contribution in [0, 0.1) is 6.92 Å². The molecule has 4 rings (SSSR count). The van der Waals surface area contributed by atoms with Gasteiger partial charge in [-0.2, -0.15) is 13.2 Å². The van der Waals surface area contributed by atoms with E-state index in [1.54, 1.807) is 26.8 Å². The highest BCUT2D eigenvalue weighted by atomic mass is 19.4. The van der Waals surface area contributed by atoms with Crippen LogP contribution >= 0.6 is 0 Å². The third-order valence-electron chi connectivity index (χ3n) is 7.30. The lowest BCUT2D eigenvalue weighted by Crippen LogP contribution is -2.61. The Morgan fingerprint density at radius 3 is 2.31 bits per heavy atom. The molecule has 3 atom stereocenters. The van der Waals surface area contributed by atoms with Crippen molar-refractivity contribution in [3.8, 4) is 0 Å². The molecule has 1 aliphatic rings. The molecule has 0 bridgehead atoms. The van der Waals surface area contributed by atoms with Crippen LogP contribution in [0.25, 0.3) is 0 Å². The Morgan fingerprint density at radius 2 is 1.67 bits per heavy atom. The predicted octanol–water partition coefficient (Wildman–Crippen LogP) is 7.17. The third-order valence-corrected chi connectivity index (χ3v) is 7.30. The van der Waals surface area contributed by atoms with Crippen molar-refractivity contribution in [2.45, 2.75) is 63.6 Å². The SMILES string of the molecule is Cc1cc(C(C)OC[C@@]2(c3ccccc3)CCC(C)(O)CN2C(=O)OCc2ccccc2)cc(C(F)(F)F)c1. The molecule has 1 N–H and O–H groups in total. The number of likely N-dealkylation sites (tertiary alicyclic amines) is 1. The lowest BCUT2D eigenvalue weighted by molar-refractivity contribution is -0.137. The number of halogens is 3. The van der Waals surface area contributed by atoms with Crippen molar-refractivity contribution in [1.29, 1.82) is 0 Å². The van der Waals surface area contributed by atoms with Gasteiger partial charge in [-0.1, -0.05) is 72.3 Å². The van der Waals surface area contributed by atoms with Gasteiger partial charge in [-0.3, -0.25) is 4.90 Å². The van der Waals surface area contributed by atoms with Gasteiger partial charge in [0.15, 0.2) is 0 Å². The highest BCUT2D eigenvalue weighted by Crippen LogP contribution is 2.43. The summed E-state index contributed by atoms with van der Waals surface area (Å²) in [5, 5.41) is 11.0. The van der Waals surface area contributed by atoms with Crippen molar-refractivity contribution in [1.82, 2.24) is 4.90 Å². The minimum atomic E-state index is -4.47. The summed E-state index contributed by atoms with van der Waals surface area (Å²) in [6.07, 6.45) is -4.99. The number of nitrogens with zero attached hydrogens (tertiary/aromatic N) is 1. The lowest BCUT2D eigenvalue weighted by atomic mass is 9.76. The number of hydrogen-bond acceptors (Lipinski definition) is 4. The molecule has 0 aromatic heterocycles. The number of β-amino-alcohol motifs (C(OH)–C–C–N with tert-alkyl or cyclic N) is 1. The summed E-state index contributed by atoms with van der Waals surface area (Å²) in [6, 6.07) is 22.5. The molecule has 1 heterocycles. The smallest absolute Gasteiger partial charge is 0.416 e. The number of alkyl halides is 3. The number of piperidine rings is 1. The first-order valence-corrected chi connectivity index (χ1v) is 13.0. The minimum Gasteiger partial charge on any atom is -0.445 e. The fraction of sp³-hybridized carbons (Fsp3) is 0.387. The molecule has 39 heavy (non-hydrogen) atoms. The van der Waals surface area contributed by atoms with Crippen LogP contribution in [0.2, 0.25) is 0 Å². The molecule has 0 saturated carbocycles. The van der Waals surface area contributed by atoms with E-state index in [1.807, 2.05) is 60.7 Å². The number of carbonyl (C=O) groups excluding carboxylic acids is 1. The maximum atomic E-state index is 13.6. The van der Waals surface area contributed by atoms with Gasteiger partial charge in [0.25, 0.3) is 0 Å². The van der Waals surface area contributed by atoms with E-state index in [2.05, 4.69) is 0 Å². The fourth-order valence-electron chi connectivity index (χ4n) is 5.07. The van der Waals surface area contributed by atoms with Crippen LogP contribution in [0.5, 0.6) is 0 Å². The normalized spacial score (nSPS) is 22.4. The van der Waals surface area contributed by atoms with Gasteiger partial charge in [-0.25, -0.2) is 4.79 Å². The lowest BCUT2D eigenvalue weighted by Gasteiger charge is -2.51. The Labute approximate surface area is 227 Å². The summed E-state index contributed by atoms with van der Waals surface area (Å²) in [4.78, 5) is 15.1. The van der Waals surface area contributed by atoms with Crippen molar-refractivity contribution in [3.63, 3.8) is 0 Å². The first-order valence-electron chi connectivity index (χ1n) is 13.0. The average molecular weight is 542 g/mol. The van der Waals surface area contributed by atoms with Crippen molar-refractivity contribution in [2.75, 3.05) is 13.2 Å². The van der Waals surface area contributed by atoms with E-state index in [0.717, 1.165) is 23.3 Å². The van der Waals surface area contributed by atoms with E-state index in [9.17, 15) is 23.1 Å². The summed E-state index contributed by atoms with van der Waals surface area (Å²) in [7, 11) is 0. The first kappa shape index (κ1) is 28.6. The number of ether oxygens (including phenoxy) is 2. The van der Waals surface area contributed by atoms with Crippen molar-refractivity contribution in [3.05, 3.63) is 107 Å². The Bertz CT molecular complexity index is 1260. The van der Waals surface area contributed by atoms with Crippen molar-refractivity contribution < 1.29 is 32.5 Å². The summed E-state index contributed by atoms with van der Waals surface area (Å²) < 4.78 is 52.3. The summed E-state index contributed by atoms with van der Waals surface area (Å²) in [6.45, 7) is 5.06. The van der Waals surface area contributed by atoms with Gasteiger partial charge < -0.3 is 14.6 Å². The summed E-state index contributed by atoms with van der Waals surface area (Å²) in [5.74, 6) is 0. The number of aliphatic hydroxyl groups is 1. The van der Waals surface area contributed by atoms with Gasteiger partial charge in [0.05, 0.1) is 36.0 Å². The fourth-order valence-corrected chi connectivity index (χ4v) is 5.07. The second-order valence-corrected chi connectivity index (χ2v) is 10.6. The van der Waals surface area contributed by atoms with Gasteiger partial charge in [0, 0.05) is 0 Å².